The van der Waals surface area contributed by atoms with Crippen LogP contribution in [0.2, 0.25) is 0 Å². The summed E-state index contributed by atoms with van der Waals surface area (Å²) in [7, 11) is 1.62. The Bertz CT molecular complexity index is 1230. The maximum atomic E-state index is 12.7. The van der Waals surface area contributed by atoms with Gasteiger partial charge in [-0.05, 0) is 89.9 Å². The third kappa shape index (κ3) is 44.4. The van der Waals surface area contributed by atoms with Gasteiger partial charge in [0.1, 0.15) is 19.3 Å². The number of quaternary nitrogens is 1. The van der Waals surface area contributed by atoms with Crippen LogP contribution >= 0.6 is 7.82 Å². The van der Waals surface area contributed by atoms with Gasteiger partial charge in [-0.3, -0.25) is 13.8 Å². The number of carbonyl (C=O) groups excluding carboxylic acids is 1. The first-order valence-corrected chi connectivity index (χ1v) is 23.5. The average Bonchev–Trinajstić information content (AvgIpc) is 3.16. The Morgan fingerprint density at radius 3 is 1.44 bits per heavy atom. The van der Waals surface area contributed by atoms with Crippen molar-refractivity contribution >= 4 is 13.8 Å². The molecule has 0 fully saturated rings. The zero-order valence-corrected chi connectivity index (χ0v) is 37.7. The minimum atomic E-state index is -4.30. The van der Waals surface area contributed by atoms with E-state index >= 15 is 0 Å². The van der Waals surface area contributed by atoms with Crippen LogP contribution in [0.4, 0.5) is 0 Å². The van der Waals surface area contributed by atoms with E-state index in [0.717, 1.165) is 109 Å². The van der Waals surface area contributed by atoms with E-state index in [1.807, 2.05) is 21.1 Å². The number of allylic oxidation sites excluding steroid dienone is 16. The summed E-state index contributed by atoms with van der Waals surface area (Å²) in [6, 6.07) is 0. The average molecular weight is 817 g/mol. The number of likely N-dealkylation sites (N-methyl/N-ethyl adjacent to an activating group) is 1. The molecule has 0 aromatic rings. The van der Waals surface area contributed by atoms with Crippen molar-refractivity contribution in [3.8, 4) is 0 Å². The fraction of sp³-hybridized carbons (Fsp3) is 0.646. The summed E-state index contributed by atoms with van der Waals surface area (Å²) in [6.07, 6.45) is 54.4. The molecule has 0 aliphatic carbocycles. The summed E-state index contributed by atoms with van der Waals surface area (Å²) >= 11 is 0. The van der Waals surface area contributed by atoms with Gasteiger partial charge < -0.3 is 18.9 Å². The maximum absolute atomic E-state index is 12.7. The molecule has 0 spiro atoms. The van der Waals surface area contributed by atoms with E-state index in [2.05, 4.69) is 111 Å². The molecule has 2 atom stereocenters. The number of unbranched alkanes of at least 4 members (excludes halogenated alkanes) is 9. The summed E-state index contributed by atoms with van der Waals surface area (Å²) in [5.41, 5.74) is 0. The third-order valence-corrected chi connectivity index (χ3v) is 9.63. The second-order valence-electron chi connectivity index (χ2n) is 15.3. The van der Waals surface area contributed by atoms with Crippen molar-refractivity contribution in [3.63, 3.8) is 0 Å². The molecule has 0 aromatic heterocycles. The molecule has 9 heteroatoms. The fourth-order valence-corrected chi connectivity index (χ4v) is 6.04. The summed E-state index contributed by atoms with van der Waals surface area (Å²) < 4.78 is 34.9. The van der Waals surface area contributed by atoms with E-state index in [0.29, 0.717) is 24.1 Å². The van der Waals surface area contributed by atoms with Gasteiger partial charge in [0.15, 0.2) is 0 Å². The zero-order chi connectivity index (χ0) is 42.0. The highest BCUT2D eigenvalue weighted by Gasteiger charge is 2.26. The normalized spacial score (nSPS) is 14.7. The van der Waals surface area contributed by atoms with Crippen LogP contribution in [-0.2, 0) is 27.9 Å². The molecule has 0 aromatic carbocycles. The second kappa shape index (κ2) is 40.2. The monoisotopic (exact) mass is 817 g/mol. The van der Waals surface area contributed by atoms with Crippen LogP contribution in [0.25, 0.3) is 0 Å². The molecule has 0 bridgehead atoms. The topological polar surface area (TPSA) is 91.3 Å². The number of phosphoric ester groups is 1. The lowest BCUT2D eigenvalue weighted by Gasteiger charge is -2.24. The van der Waals surface area contributed by atoms with Crippen molar-refractivity contribution in [3.05, 3.63) is 97.2 Å². The van der Waals surface area contributed by atoms with Crippen LogP contribution in [0.1, 0.15) is 142 Å². The van der Waals surface area contributed by atoms with E-state index in [1.54, 1.807) is 0 Å². The molecule has 8 nitrogen and oxygen atoms in total. The summed E-state index contributed by atoms with van der Waals surface area (Å²) in [6.45, 7) is 5.26. The molecule has 326 valence electrons. The minimum Gasteiger partial charge on any atom is -0.457 e. The van der Waals surface area contributed by atoms with Gasteiger partial charge >= 0.3 is 13.8 Å². The Labute approximate surface area is 349 Å². The van der Waals surface area contributed by atoms with E-state index in [4.69, 9.17) is 18.5 Å². The van der Waals surface area contributed by atoms with Crippen LogP contribution in [0.5, 0.6) is 0 Å². The Morgan fingerprint density at radius 2 is 0.965 bits per heavy atom. The molecule has 0 radical (unpaired) electrons. The highest BCUT2D eigenvalue weighted by molar-refractivity contribution is 7.47. The van der Waals surface area contributed by atoms with E-state index in [-0.39, 0.29) is 25.8 Å². The second-order valence-corrected chi connectivity index (χ2v) is 16.8. The van der Waals surface area contributed by atoms with Gasteiger partial charge in [-0.15, -0.1) is 0 Å². The molecule has 57 heavy (non-hydrogen) atoms. The van der Waals surface area contributed by atoms with Gasteiger partial charge in [0.2, 0.25) is 0 Å². The fourth-order valence-electron chi connectivity index (χ4n) is 5.30. The smallest absolute Gasteiger partial charge is 0.457 e. The molecular weight excluding hydrogens is 734 g/mol. The molecule has 0 aliphatic heterocycles. The Morgan fingerprint density at radius 1 is 0.544 bits per heavy atom. The molecule has 0 heterocycles. The van der Waals surface area contributed by atoms with Crippen LogP contribution in [0, 0.1) is 0 Å². The summed E-state index contributed by atoms with van der Waals surface area (Å²) in [5, 5.41) is 0. The van der Waals surface area contributed by atoms with Crippen molar-refractivity contribution in [2.75, 3.05) is 54.1 Å². The molecule has 1 N–H and O–H groups in total. The molecule has 0 amide bonds. The number of hydrogen-bond acceptors (Lipinski definition) is 6. The van der Waals surface area contributed by atoms with Crippen LogP contribution in [0.3, 0.4) is 0 Å². The summed E-state index contributed by atoms with van der Waals surface area (Å²) in [4.78, 5) is 22.9. The zero-order valence-electron chi connectivity index (χ0n) is 36.8. The van der Waals surface area contributed by atoms with E-state index in [9.17, 15) is 14.3 Å². The highest BCUT2D eigenvalue weighted by atomic mass is 31.2. The van der Waals surface area contributed by atoms with Gasteiger partial charge in [-0.25, -0.2) is 4.57 Å². The number of rotatable bonds is 39. The van der Waals surface area contributed by atoms with Gasteiger partial charge in [0.25, 0.3) is 0 Å². The van der Waals surface area contributed by atoms with Crippen LogP contribution < -0.4 is 0 Å². The van der Waals surface area contributed by atoms with Crippen molar-refractivity contribution < 1.29 is 37.3 Å². The first-order chi connectivity index (χ1) is 27.6. The summed E-state index contributed by atoms with van der Waals surface area (Å²) in [5.74, 6) is -0.344. The molecule has 0 saturated carbocycles. The largest absolute Gasteiger partial charge is 0.472 e. The predicted molar refractivity (Wildman–Crippen MR) is 242 cm³/mol. The lowest BCUT2D eigenvalue weighted by molar-refractivity contribution is -0.870. The van der Waals surface area contributed by atoms with Gasteiger partial charge in [0, 0.05) is 13.0 Å². The first kappa shape index (κ1) is 54.4. The number of phosphoric acid groups is 1. The third-order valence-electron chi connectivity index (χ3n) is 8.64. The number of nitrogens with zero attached hydrogens (tertiary/aromatic N) is 1. The van der Waals surface area contributed by atoms with Crippen molar-refractivity contribution in [1.82, 2.24) is 0 Å². The molecular formula is C48H83NO7P+. The number of ether oxygens (including phenoxy) is 2. The standard InChI is InChI=1S/C48H82NO7P/c1-6-8-10-12-14-16-18-20-22-24-25-26-27-29-31-33-35-37-39-41-48(50)56-47(46-55-57(51,52)54-44-42-49(3,4)5)45-53-43-40-38-36-34-32-30-28-23-21-19-17-15-13-11-9-7-2/h8-11,14-17,20-23,25-26,30,32,47H,6-7,12-13,18-19,24,27-29,31,33-46H2,1-5H3/p+1/b10-8-,11-9-,16-14-,17-15-,22-20-,23-21-,26-25-,32-30-. The Balaban J connectivity index is 4.35. The Hall–Kier alpha value is -2.58. The van der Waals surface area contributed by atoms with Crippen molar-refractivity contribution in [2.45, 2.75) is 148 Å². The number of hydrogen-bond donors (Lipinski definition) is 1. The van der Waals surface area contributed by atoms with Crippen LogP contribution in [0.15, 0.2) is 97.2 Å². The molecule has 2 unspecified atom stereocenters. The number of carbonyl (C=O) groups is 1. The SMILES string of the molecule is CC/C=C\C/C=C\C/C=C\C/C=C\CCCCCCCCC(=O)OC(COCCCCC/C=C\C/C=C\C/C=C\C/C=C\CC)COP(=O)(O)OCC[N+](C)(C)C. The quantitative estimate of drug-likeness (QED) is 0.0217. The van der Waals surface area contributed by atoms with Crippen molar-refractivity contribution in [1.29, 1.82) is 0 Å². The lowest BCUT2D eigenvalue weighted by atomic mass is 10.1. The van der Waals surface area contributed by atoms with E-state index < -0.39 is 13.9 Å². The predicted octanol–water partition coefficient (Wildman–Crippen LogP) is 13.0. The van der Waals surface area contributed by atoms with Gasteiger partial charge in [-0.1, -0.05) is 143 Å². The minimum absolute atomic E-state index is 0.0730. The van der Waals surface area contributed by atoms with Gasteiger partial charge in [0.05, 0.1) is 34.4 Å². The van der Waals surface area contributed by atoms with E-state index in [1.165, 1.54) is 12.8 Å². The van der Waals surface area contributed by atoms with Crippen molar-refractivity contribution in [2.24, 2.45) is 0 Å². The molecule has 0 saturated heterocycles. The highest BCUT2D eigenvalue weighted by Crippen LogP contribution is 2.43. The first-order valence-electron chi connectivity index (χ1n) is 22.0. The molecule has 0 rings (SSSR count). The van der Waals surface area contributed by atoms with Gasteiger partial charge in [-0.2, -0.15) is 0 Å². The number of esters is 1. The lowest BCUT2D eigenvalue weighted by Crippen LogP contribution is -2.37. The molecule has 0 aliphatic rings. The van der Waals surface area contributed by atoms with Crippen LogP contribution in [-0.4, -0.2) is 75.6 Å². The maximum Gasteiger partial charge on any atom is 0.472 e. The Kier molecular flexibility index (Phi) is 38.4.